The SMILES string of the molecule is N=C(N)N(C(=N)N1CC=CCC1)c1ccc(CCNC(=O)CCCCC2CC3NC(=O)NC3S2)cc1. The predicted octanol–water partition coefficient (Wildman–Crippen LogP) is 2.32. The minimum Gasteiger partial charge on any atom is -0.369 e. The van der Waals surface area contributed by atoms with Crippen molar-refractivity contribution in [3.63, 3.8) is 0 Å². The number of anilines is 1. The number of fused-ring (bicyclic) bond motifs is 1. The zero-order chi connectivity index (χ0) is 25.5. The molecule has 3 aliphatic rings. The van der Waals surface area contributed by atoms with Gasteiger partial charge in [0.2, 0.25) is 11.9 Å². The van der Waals surface area contributed by atoms with Crippen LogP contribution >= 0.6 is 11.8 Å². The van der Waals surface area contributed by atoms with E-state index in [2.05, 4.69) is 22.0 Å². The summed E-state index contributed by atoms with van der Waals surface area (Å²) in [7, 11) is 0. The van der Waals surface area contributed by atoms with E-state index in [1.54, 1.807) is 0 Å². The van der Waals surface area contributed by atoms with Crippen molar-refractivity contribution in [1.29, 1.82) is 10.8 Å². The first-order valence-corrected chi connectivity index (χ1v) is 13.6. The number of unbranched alkanes of at least 4 members (excludes halogenated alkanes) is 1. The fourth-order valence-electron chi connectivity index (χ4n) is 4.81. The molecule has 0 bridgehead atoms. The monoisotopic (exact) mass is 512 g/mol. The second-order valence-corrected chi connectivity index (χ2v) is 10.8. The minimum absolute atomic E-state index is 0.0622. The van der Waals surface area contributed by atoms with Crippen molar-refractivity contribution in [2.45, 2.75) is 61.6 Å². The van der Waals surface area contributed by atoms with Gasteiger partial charge in [0.25, 0.3) is 0 Å². The van der Waals surface area contributed by atoms with Crippen LogP contribution in [0, 0.1) is 10.8 Å². The van der Waals surface area contributed by atoms with E-state index in [0.717, 1.165) is 44.2 Å². The summed E-state index contributed by atoms with van der Waals surface area (Å²) in [6.45, 7) is 1.93. The smallest absolute Gasteiger partial charge is 0.316 e. The number of urea groups is 1. The molecule has 194 valence electrons. The Hall–Kier alpha value is -3.21. The molecule has 0 spiro atoms. The first-order chi connectivity index (χ1) is 17.4. The molecule has 4 rings (SSSR count). The number of nitrogens with zero attached hydrogens (tertiary/aromatic N) is 2. The number of nitrogens with two attached hydrogens (primary N) is 1. The number of guanidine groups is 2. The molecule has 36 heavy (non-hydrogen) atoms. The summed E-state index contributed by atoms with van der Waals surface area (Å²) in [5, 5.41) is 26.1. The van der Waals surface area contributed by atoms with Gasteiger partial charge in [0.15, 0.2) is 5.96 Å². The molecule has 3 heterocycles. The van der Waals surface area contributed by atoms with Crippen molar-refractivity contribution in [3.8, 4) is 0 Å². The maximum Gasteiger partial charge on any atom is 0.316 e. The molecule has 2 fully saturated rings. The fourth-order valence-corrected chi connectivity index (χ4v) is 6.39. The van der Waals surface area contributed by atoms with E-state index in [1.807, 2.05) is 47.0 Å². The summed E-state index contributed by atoms with van der Waals surface area (Å²) >= 11 is 1.83. The molecular formula is C25H36N8O2S. The first kappa shape index (κ1) is 25.9. The highest BCUT2D eigenvalue weighted by Crippen LogP contribution is 2.37. The Morgan fingerprint density at radius 3 is 2.69 bits per heavy atom. The van der Waals surface area contributed by atoms with Crippen LogP contribution in [0.4, 0.5) is 10.5 Å². The van der Waals surface area contributed by atoms with Gasteiger partial charge in [-0.3, -0.25) is 20.5 Å². The van der Waals surface area contributed by atoms with E-state index in [1.165, 1.54) is 4.90 Å². The molecule has 10 nitrogen and oxygen atoms in total. The zero-order valence-corrected chi connectivity index (χ0v) is 21.3. The zero-order valence-electron chi connectivity index (χ0n) is 20.5. The topological polar surface area (TPSA) is 150 Å². The molecule has 0 aliphatic carbocycles. The van der Waals surface area contributed by atoms with Crippen molar-refractivity contribution in [1.82, 2.24) is 20.9 Å². The molecule has 3 unspecified atom stereocenters. The van der Waals surface area contributed by atoms with Crippen LogP contribution in [0.15, 0.2) is 36.4 Å². The Kier molecular flexibility index (Phi) is 8.74. The molecule has 1 aromatic rings. The third-order valence-corrected chi connectivity index (χ3v) is 8.28. The highest BCUT2D eigenvalue weighted by Gasteiger charge is 2.40. The Labute approximate surface area is 216 Å². The third kappa shape index (κ3) is 6.71. The molecule has 2 saturated heterocycles. The van der Waals surface area contributed by atoms with Gasteiger partial charge in [-0.1, -0.05) is 30.7 Å². The van der Waals surface area contributed by atoms with Gasteiger partial charge in [-0.2, -0.15) is 0 Å². The van der Waals surface area contributed by atoms with Crippen molar-refractivity contribution < 1.29 is 9.59 Å². The summed E-state index contributed by atoms with van der Waals surface area (Å²) in [6, 6.07) is 7.81. The molecule has 3 aliphatic heterocycles. The van der Waals surface area contributed by atoms with Crippen LogP contribution in [0.5, 0.6) is 0 Å². The standard InChI is InChI=1S/C25H36N8O2S/c26-23(27)33(24(28)32-14-4-1-5-15-32)18-10-8-17(9-11-18)12-13-29-21(34)7-3-2-6-19-16-20-22(36-19)31-25(35)30-20/h1,4,8-11,19-20,22,28H,2-3,5-7,12-16H2,(H3,26,27)(H,29,34)(H2,30,31,35). The largest absolute Gasteiger partial charge is 0.369 e. The van der Waals surface area contributed by atoms with Crippen molar-refractivity contribution in [2.24, 2.45) is 5.73 Å². The van der Waals surface area contributed by atoms with Crippen LogP contribution in [-0.4, -0.2) is 65.1 Å². The number of nitrogens with one attached hydrogen (secondary N) is 5. The van der Waals surface area contributed by atoms with Crippen LogP contribution < -0.4 is 26.6 Å². The maximum atomic E-state index is 12.2. The van der Waals surface area contributed by atoms with E-state index in [-0.39, 0.29) is 35.3 Å². The van der Waals surface area contributed by atoms with Gasteiger partial charge in [0, 0.05) is 31.3 Å². The number of hydrogen-bond donors (Lipinski definition) is 6. The van der Waals surface area contributed by atoms with E-state index in [4.69, 9.17) is 16.6 Å². The van der Waals surface area contributed by atoms with Gasteiger partial charge in [-0.25, -0.2) is 4.79 Å². The van der Waals surface area contributed by atoms with E-state index in [0.29, 0.717) is 36.9 Å². The molecular weight excluding hydrogens is 476 g/mol. The summed E-state index contributed by atoms with van der Waals surface area (Å²) in [6.07, 6.45) is 10.2. The number of carbonyl (C=O) groups is 2. The van der Waals surface area contributed by atoms with Crippen LogP contribution in [-0.2, 0) is 11.2 Å². The minimum atomic E-state index is -0.188. The number of rotatable bonds is 9. The highest BCUT2D eigenvalue weighted by atomic mass is 32.2. The number of amides is 3. The van der Waals surface area contributed by atoms with Crippen LogP contribution in [0.3, 0.4) is 0 Å². The predicted molar refractivity (Wildman–Crippen MR) is 144 cm³/mol. The maximum absolute atomic E-state index is 12.2. The summed E-state index contributed by atoms with van der Waals surface area (Å²) < 4.78 is 0. The summed E-state index contributed by atoms with van der Waals surface area (Å²) in [5.74, 6) is 0.0836. The lowest BCUT2D eigenvalue weighted by Gasteiger charge is -2.33. The molecule has 3 atom stereocenters. The van der Waals surface area contributed by atoms with Crippen molar-refractivity contribution >= 4 is 41.3 Å². The Morgan fingerprint density at radius 1 is 1.19 bits per heavy atom. The van der Waals surface area contributed by atoms with E-state index in [9.17, 15) is 9.59 Å². The average Bonchev–Trinajstić information content (AvgIpc) is 3.40. The van der Waals surface area contributed by atoms with E-state index < -0.39 is 0 Å². The van der Waals surface area contributed by atoms with E-state index >= 15 is 0 Å². The van der Waals surface area contributed by atoms with Gasteiger partial charge >= 0.3 is 6.03 Å². The highest BCUT2D eigenvalue weighted by molar-refractivity contribution is 8.00. The molecule has 3 amide bonds. The Bertz CT molecular complexity index is 982. The number of thioether (sulfide) groups is 1. The number of hydrogen-bond acceptors (Lipinski definition) is 5. The molecule has 0 aromatic heterocycles. The van der Waals surface area contributed by atoms with Crippen LogP contribution in [0.25, 0.3) is 0 Å². The molecule has 0 radical (unpaired) electrons. The molecule has 0 saturated carbocycles. The van der Waals surface area contributed by atoms with Crippen LogP contribution in [0.2, 0.25) is 0 Å². The first-order valence-electron chi connectivity index (χ1n) is 12.6. The lowest BCUT2D eigenvalue weighted by molar-refractivity contribution is -0.121. The molecule has 7 N–H and O–H groups in total. The van der Waals surface area contributed by atoms with Crippen molar-refractivity contribution in [3.05, 3.63) is 42.0 Å². The van der Waals surface area contributed by atoms with Gasteiger partial charge in [0.1, 0.15) is 0 Å². The third-order valence-electron chi connectivity index (χ3n) is 6.73. The fraction of sp³-hybridized carbons (Fsp3) is 0.520. The lowest BCUT2D eigenvalue weighted by Crippen LogP contribution is -2.50. The quantitative estimate of drug-likeness (QED) is 0.129. The van der Waals surface area contributed by atoms with Gasteiger partial charge in [-0.15, -0.1) is 11.8 Å². The van der Waals surface area contributed by atoms with Crippen molar-refractivity contribution in [2.75, 3.05) is 24.5 Å². The molecule has 11 heteroatoms. The van der Waals surface area contributed by atoms with Gasteiger partial charge < -0.3 is 26.6 Å². The second-order valence-electron chi connectivity index (χ2n) is 9.40. The van der Waals surface area contributed by atoms with Crippen LogP contribution in [0.1, 0.15) is 44.1 Å². The number of carbonyl (C=O) groups excluding carboxylic acids is 2. The Balaban J connectivity index is 1.13. The van der Waals surface area contributed by atoms with Gasteiger partial charge in [-0.05, 0) is 49.8 Å². The second kappa shape index (κ2) is 12.2. The normalized spacial score (nSPS) is 22.5. The number of benzene rings is 1. The Morgan fingerprint density at radius 2 is 2.00 bits per heavy atom. The molecule has 1 aromatic carbocycles. The summed E-state index contributed by atoms with van der Waals surface area (Å²) in [4.78, 5) is 26.9. The average molecular weight is 513 g/mol. The summed E-state index contributed by atoms with van der Waals surface area (Å²) in [5.41, 5.74) is 7.54. The lowest BCUT2D eigenvalue weighted by atomic mass is 10.1. The van der Waals surface area contributed by atoms with Gasteiger partial charge in [0.05, 0.1) is 17.1 Å².